The molecule has 4 aliphatic carbocycles. The number of urea groups is 1. The molecule has 0 atom stereocenters. The maximum Gasteiger partial charge on any atom is 0.323 e. The van der Waals surface area contributed by atoms with Crippen molar-refractivity contribution in [3.8, 4) is 0 Å². The number of nitrogens with two attached hydrogens (primary N) is 1. The SMILES string of the molecule is N=C(N)c1cccc(NC(=O)Nc2ccc(S(=O)(=O)NC3C4CC5CC(C4)CC3C5)cc2)c1. The third-order valence-electron chi connectivity index (χ3n) is 7.37. The molecule has 0 saturated heterocycles. The Morgan fingerprint density at radius 3 is 2.09 bits per heavy atom. The van der Waals surface area contributed by atoms with Gasteiger partial charge in [0, 0.05) is 23.0 Å². The van der Waals surface area contributed by atoms with Crippen LogP contribution >= 0.6 is 0 Å². The summed E-state index contributed by atoms with van der Waals surface area (Å²) in [6.45, 7) is 0. The van der Waals surface area contributed by atoms with Crippen LogP contribution in [0.4, 0.5) is 16.2 Å². The van der Waals surface area contributed by atoms with Crippen molar-refractivity contribution in [2.45, 2.75) is 43.0 Å². The van der Waals surface area contributed by atoms with Crippen molar-refractivity contribution in [3.05, 3.63) is 54.1 Å². The Morgan fingerprint density at radius 2 is 1.48 bits per heavy atom. The van der Waals surface area contributed by atoms with Crippen molar-refractivity contribution in [1.82, 2.24) is 4.72 Å². The number of nitrogen functional groups attached to an aromatic ring is 1. The van der Waals surface area contributed by atoms with Crippen molar-refractivity contribution >= 4 is 33.3 Å². The second-order valence-electron chi connectivity index (χ2n) is 9.68. The zero-order valence-corrected chi connectivity index (χ0v) is 19.1. The van der Waals surface area contributed by atoms with Gasteiger partial charge in [-0.05, 0) is 92.2 Å². The first-order valence-electron chi connectivity index (χ1n) is 11.4. The molecule has 0 aromatic heterocycles. The summed E-state index contributed by atoms with van der Waals surface area (Å²) in [6.07, 6.45) is 5.92. The molecule has 6 N–H and O–H groups in total. The quantitative estimate of drug-likeness (QED) is 0.327. The molecule has 0 unspecified atom stereocenters. The number of hydrogen-bond acceptors (Lipinski definition) is 4. The molecule has 0 heterocycles. The van der Waals surface area contributed by atoms with Crippen molar-refractivity contribution in [2.75, 3.05) is 10.6 Å². The number of nitrogens with one attached hydrogen (secondary N) is 4. The largest absolute Gasteiger partial charge is 0.384 e. The molecule has 4 fully saturated rings. The summed E-state index contributed by atoms with van der Waals surface area (Å²) >= 11 is 0. The lowest BCUT2D eigenvalue weighted by atomic mass is 9.54. The highest BCUT2D eigenvalue weighted by Gasteiger charge is 2.49. The number of amides is 2. The standard InChI is InChI=1S/C24H29N5O3S/c25-23(26)16-2-1-3-20(13-16)28-24(30)27-19-4-6-21(7-5-19)33(31,32)29-22-17-9-14-8-15(11-17)12-18(22)10-14/h1-7,13-15,17-18,22,29H,8-12H2,(H3,25,26)(H2,27,28,30). The highest BCUT2D eigenvalue weighted by Crippen LogP contribution is 2.53. The van der Waals surface area contributed by atoms with E-state index in [1.54, 1.807) is 36.4 Å². The molecule has 174 valence electrons. The number of hydrogen-bond donors (Lipinski definition) is 5. The smallest absolute Gasteiger partial charge is 0.323 e. The van der Waals surface area contributed by atoms with Gasteiger partial charge in [0.1, 0.15) is 5.84 Å². The number of sulfonamides is 1. The fraction of sp³-hybridized carbons (Fsp3) is 0.417. The number of carbonyl (C=O) groups is 1. The lowest BCUT2D eigenvalue weighted by molar-refractivity contribution is -0.00557. The Hall–Kier alpha value is -2.91. The van der Waals surface area contributed by atoms with Crippen molar-refractivity contribution in [1.29, 1.82) is 5.41 Å². The van der Waals surface area contributed by atoms with Crippen LogP contribution in [-0.4, -0.2) is 26.3 Å². The summed E-state index contributed by atoms with van der Waals surface area (Å²) in [5.41, 5.74) is 6.96. The monoisotopic (exact) mass is 467 g/mol. The molecule has 4 saturated carbocycles. The molecule has 0 aliphatic heterocycles. The summed E-state index contributed by atoms with van der Waals surface area (Å²) in [5, 5.41) is 12.9. The highest BCUT2D eigenvalue weighted by molar-refractivity contribution is 7.89. The van der Waals surface area contributed by atoms with Crippen LogP contribution in [-0.2, 0) is 10.0 Å². The van der Waals surface area contributed by atoms with E-state index in [-0.39, 0.29) is 16.8 Å². The van der Waals surface area contributed by atoms with Crippen molar-refractivity contribution < 1.29 is 13.2 Å². The highest BCUT2D eigenvalue weighted by atomic mass is 32.2. The molecule has 9 heteroatoms. The summed E-state index contributed by atoms with van der Waals surface area (Å²) in [4.78, 5) is 12.5. The number of amidine groups is 1. The lowest BCUT2D eigenvalue weighted by Gasteiger charge is -2.54. The van der Waals surface area contributed by atoms with Crippen molar-refractivity contribution in [3.63, 3.8) is 0 Å². The molecule has 2 aromatic rings. The van der Waals surface area contributed by atoms with E-state index in [1.165, 1.54) is 18.6 Å². The Morgan fingerprint density at radius 1 is 0.879 bits per heavy atom. The average molecular weight is 468 g/mol. The van der Waals surface area contributed by atoms with Gasteiger partial charge in [0.25, 0.3) is 0 Å². The minimum atomic E-state index is -3.62. The third-order valence-corrected chi connectivity index (χ3v) is 8.85. The normalized spacial score (nSPS) is 27.8. The van der Waals surface area contributed by atoms with Crippen LogP contribution in [0.3, 0.4) is 0 Å². The van der Waals surface area contributed by atoms with Gasteiger partial charge in [-0.15, -0.1) is 0 Å². The average Bonchev–Trinajstić information content (AvgIpc) is 2.76. The van der Waals surface area contributed by atoms with E-state index in [4.69, 9.17) is 11.1 Å². The molecule has 33 heavy (non-hydrogen) atoms. The molecular weight excluding hydrogens is 438 g/mol. The van der Waals surface area contributed by atoms with Gasteiger partial charge in [-0.1, -0.05) is 12.1 Å². The molecule has 4 bridgehead atoms. The van der Waals surface area contributed by atoms with Gasteiger partial charge in [-0.3, -0.25) is 5.41 Å². The van der Waals surface area contributed by atoms with E-state index in [1.807, 2.05) is 0 Å². The predicted octanol–water partition coefficient (Wildman–Crippen LogP) is 3.72. The Labute approximate surface area is 193 Å². The van der Waals surface area contributed by atoms with Crippen LogP contribution in [0.2, 0.25) is 0 Å². The van der Waals surface area contributed by atoms with E-state index in [0.29, 0.717) is 28.8 Å². The molecular formula is C24H29N5O3S. The van der Waals surface area contributed by atoms with Gasteiger partial charge in [-0.25, -0.2) is 17.9 Å². The molecule has 6 rings (SSSR count). The molecule has 4 aliphatic rings. The van der Waals surface area contributed by atoms with Crippen LogP contribution in [0.25, 0.3) is 0 Å². The maximum atomic E-state index is 13.0. The summed E-state index contributed by atoms with van der Waals surface area (Å²) < 4.78 is 29.1. The van der Waals surface area contributed by atoms with Gasteiger partial charge in [0.05, 0.1) is 4.90 Å². The van der Waals surface area contributed by atoms with Crippen LogP contribution in [0.1, 0.15) is 37.7 Å². The van der Waals surface area contributed by atoms with Gasteiger partial charge >= 0.3 is 6.03 Å². The van der Waals surface area contributed by atoms with E-state index in [9.17, 15) is 13.2 Å². The van der Waals surface area contributed by atoms with E-state index in [0.717, 1.165) is 37.5 Å². The number of anilines is 2. The molecule has 2 aromatic carbocycles. The molecule has 0 spiro atoms. The second kappa shape index (κ2) is 8.46. The van der Waals surface area contributed by atoms with Gasteiger partial charge in [0.15, 0.2) is 0 Å². The number of carbonyl (C=O) groups excluding carboxylic acids is 1. The third kappa shape index (κ3) is 4.60. The van der Waals surface area contributed by atoms with Crippen LogP contribution in [0, 0.1) is 29.1 Å². The maximum absolute atomic E-state index is 13.0. The Kier molecular flexibility index (Phi) is 5.62. The van der Waals surface area contributed by atoms with Crippen LogP contribution in [0.5, 0.6) is 0 Å². The summed E-state index contributed by atoms with van der Waals surface area (Å²) in [7, 11) is -3.62. The first kappa shape index (κ1) is 21.9. The van der Waals surface area contributed by atoms with Crippen LogP contribution < -0.4 is 21.1 Å². The summed E-state index contributed by atoms with van der Waals surface area (Å²) in [5.74, 6) is 2.41. The van der Waals surface area contributed by atoms with Gasteiger partial charge in [-0.2, -0.15) is 0 Å². The first-order valence-corrected chi connectivity index (χ1v) is 12.9. The molecule has 2 amide bonds. The van der Waals surface area contributed by atoms with E-state index < -0.39 is 16.1 Å². The first-order chi connectivity index (χ1) is 15.8. The fourth-order valence-corrected chi connectivity index (χ4v) is 7.51. The zero-order valence-electron chi connectivity index (χ0n) is 18.3. The fourth-order valence-electron chi connectivity index (χ4n) is 6.14. The minimum absolute atomic E-state index is 0.0390. The predicted molar refractivity (Wildman–Crippen MR) is 128 cm³/mol. The second-order valence-corrected chi connectivity index (χ2v) is 11.4. The van der Waals surface area contributed by atoms with Crippen LogP contribution in [0.15, 0.2) is 53.4 Å². The summed E-state index contributed by atoms with van der Waals surface area (Å²) in [6, 6.07) is 12.4. The van der Waals surface area contributed by atoms with E-state index >= 15 is 0 Å². The Balaban J connectivity index is 1.21. The number of benzene rings is 2. The lowest BCUT2D eigenvalue weighted by Crippen LogP contribution is -2.55. The Bertz CT molecular complexity index is 1150. The van der Waals surface area contributed by atoms with E-state index in [2.05, 4.69) is 15.4 Å². The minimum Gasteiger partial charge on any atom is -0.384 e. The number of rotatable bonds is 6. The van der Waals surface area contributed by atoms with Gasteiger partial charge in [0.2, 0.25) is 10.0 Å². The molecule has 0 radical (unpaired) electrons. The molecule has 8 nitrogen and oxygen atoms in total. The zero-order chi connectivity index (χ0) is 23.2. The topological polar surface area (TPSA) is 137 Å². The van der Waals surface area contributed by atoms with Gasteiger partial charge < -0.3 is 16.4 Å². The van der Waals surface area contributed by atoms with Crippen molar-refractivity contribution in [2.24, 2.45) is 29.4 Å².